The highest BCUT2D eigenvalue weighted by Crippen LogP contribution is 2.27. The Balaban J connectivity index is 1.77. The predicted molar refractivity (Wildman–Crippen MR) is 70.2 cm³/mol. The molecule has 8 heteroatoms. The topological polar surface area (TPSA) is 87.6 Å². The fraction of sp³-hybridized carbons (Fsp3) is 0.727. The minimum Gasteiger partial charge on any atom is -0.381 e. The molecule has 0 unspecified atom stereocenters. The number of nitrogens with two attached hydrogens (primary N) is 1. The normalized spacial score (nSPS) is 17.3. The summed E-state index contributed by atoms with van der Waals surface area (Å²) in [5.74, 6) is 1.34. The minimum absolute atomic E-state index is 0.392. The Hall–Kier alpha value is -1.09. The molecule has 19 heavy (non-hydrogen) atoms. The van der Waals surface area contributed by atoms with Crippen LogP contribution in [0.5, 0.6) is 0 Å². The van der Waals surface area contributed by atoms with Gasteiger partial charge in [0.15, 0.2) is 5.82 Å². The Morgan fingerprint density at radius 3 is 3.00 bits per heavy atom. The first kappa shape index (κ1) is 12.9. The molecular weight excluding hydrogens is 266 g/mol. The Morgan fingerprint density at radius 1 is 1.37 bits per heavy atom. The van der Waals surface area contributed by atoms with Crippen molar-refractivity contribution < 1.29 is 9.47 Å². The third kappa shape index (κ3) is 2.76. The van der Waals surface area contributed by atoms with Gasteiger partial charge in [-0.2, -0.15) is 9.61 Å². The number of rotatable bonds is 5. The van der Waals surface area contributed by atoms with Crippen LogP contribution in [0, 0.1) is 0 Å². The van der Waals surface area contributed by atoms with E-state index in [1.807, 2.05) is 4.52 Å². The molecular formula is C11H17N5O2S. The first-order chi connectivity index (χ1) is 9.38. The molecule has 0 saturated carbocycles. The van der Waals surface area contributed by atoms with Gasteiger partial charge in [-0.05, 0) is 12.8 Å². The van der Waals surface area contributed by atoms with Gasteiger partial charge in [0.1, 0.15) is 11.6 Å². The lowest BCUT2D eigenvalue weighted by molar-refractivity contribution is 0.0831. The van der Waals surface area contributed by atoms with Gasteiger partial charge in [-0.25, -0.2) is 0 Å². The van der Waals surface area contributed by atoms with Crippen LogP contribution >= 0.6 is 11.3 Å². The Kier molecular flexibility index (Phi) is 4.02. The molecule has 7 nitrogen and oxygen atoms in total. The lowest BCUT2D eigenvalue weighted by Gasteiger charge is -2.19. The van der Waals surface area contributed by atoms with E-state index in [0.717, 1.165) is 41.8 Å². The van der Waals surface area contributed by atoms with Crippen LogP contribution in [0.3, 0.4) is 0 Å². The maximum absolute atomic E-state index is 5.39. The van der Waals surface area contributed by atoms with Gasteiger partial charge in [-0.3, -0.25) is 0 Å². The number of nitrogens with zero attached hydrogens (tertiary/aromatic N) is 4. The lowest BCUT2D eigenvalue weighted by Crippen LogP contribution is -2.16. The SMILES string of the molecule is NCCOCc1nn2c(C3CCOCC3)nnc2s1. The van der Waals surface area contributed by atoms with E-state index >= 15 is 0 Å². The third-order valence-corrected chi connectivity index (χ3v) is 4.00. The van der Waals surface area contributed by atoms with Crippen molar-refractivity contribution in [2.45, 2.75) is 25.4 Å². The third-order valence-electron chi connectivity index (χ3n) is 3.13. The van der Waals surface area contributed by atoms with Crippen LogP contribution in [-0.2, 0) is 16.1 Å². The van der Waals surface area contributed by atoms with E-state index in [4.69, 9.17) is 15.2 Å². The minimum atomic E-state index is 0.392. The van der Waals surface area contributed by atoms with E-state index < -0.39 is 0 Å². The smallest absolute Gasteiger partial charge is 0.234 e. The van der Waals surface area contributed by atoms with Crippen molar-refractivity contribution in [1.29, 1.82) is 0 Å². The summed E-state index contributed by atoms with van der Waals surface area (Å²) in [6.45, 7) is 3.13. The zero-order chi connectivity index (χ0) is 13.1. The number of hydrogen-bond donors (Lipinski definition) is 1. The fourth-order valence-corrected chi connectivity index (χ4v) is 2.96. The molecule has 3 heterocycles. The summed E-state index contributed by atoms with van der Waals surface area (Å²) >= 11 is 1.51. The quantitative estimate of drug-likeness (QED) is 0.807. The summed E-state index contributed by atoms with van der Waals surface area (Å²) in [5, 5.41) is 13.9. The van der Waals surface area contributed by atoms with E-state index in [1.54, 1.807) is 0 Å². The van der Waals surface area contributed by atoms with Crippen molar-refractivity contribution in [3.05, 3.63) is 10.8 Å². The van der Waals surface area contributed by atoms with Crippen molar-refractivity contribution in [3.63, 3.8) is 0 Å². The molecule has 1 aliphatic heterocycles. The molecule has 0 bridgehead atoms. The summed E-state index contributed by atoms with van der Waals surface area (Å²) < 4.78 is 12.6. The summed E-state index contributed by atoms with van der Waals surface area (Å²) in [5.41, 5.74) is 5.39. The van der Waals surface area contributed by atoms with Crippen molar-refractivity contribution in [2.75, 3.05) is 26.4 Å². The van der Waals surface area contributed by atoms with E-state index in [-0.39, 0.29) is 0 Å². The van der Waals surface area contributed by atoms with Crippen LogP contribution in [0.15, 0.2) is 0 Å². The highest BCUT2D eigenvalue weighted by atomic mass is 32.1. The van der Waals surface area contributed by atoms with Gasteiger partial charge in [0, 0.05) is 25.7 Å². The van der Waals surface area contributed by atoms with E-state index in [1.165, 1.54) is 11.3 Å². The van der Waals surface area contributed by atoms with E-state index in [9.17, 15) is 0 Å². The first-order valence-corrected chi connectivity index (χ1v) is 7.26. The largest absolute Gasteiger partial charge is 0.381 e. The van der Waals surface area contributed by atoms with Crippen LogP contribution in [0.2, 0.25) is 0 Å². The monoisotopic (exact) mass is 283 g/mol. The van der Waals surface area contributed by atoms with Crippen LogP contribution in [0.1, 0.15) is 29.6 Å². The molecule has 1 aliphatic rings. The zero-order valence-electron chi connectivity index (χ0n) is 10.6. The molecule has 2 aromatic rings. The first-order valence-electron chi connectivity index (χ1n) is 6.45. The molecule has 104 valence electrons. The fourth-order valence-electron chi connectivity index (χ4n) is 2.18. The van der Waals surface area contributed by atoms with Gasteiger partial charge in [-0.1, -0.05) is 11.3 Å². The van der Waals surface area contributed by atoms with Gasteiger partial charge in [0.05, 0.1) is 6.61 Å². The Labute approximate surface area is 114 Å². The highest BCUT2D eigenvalue weighted by molar-refractivity contribution is 7.16. The average Bonchev–Trinajstić information content (AvgIpc) is 3.00. The second kappa shape index (κ2) is 5.91. The lowest BCUT2D eigenvalue weighted by atomic mass is 10.00. The summed E-state index contributed by atoms with van der Waals surface area (Å²) in [7, 11) is 0. The van der Waals surface area contributed by atoms with Crippen molar-refractivity contribution in [1.82, 2.24) is 19.8 Å². The van der Waals surface area contributed by atoms with Crippen molar-refractivity contribution >= 4 is 16.3 Å². The Morgan fingerprint density at radius 2 is 2.21 bits per heavy atom. The Bertz CT molecular complexity index is 534. The van der Waals surface area contributed by atoms with Gasteiger partial charge in [0.25, 0.3) is 0 Å². The average molecular weight is 283 g/mol. The molecule has 1 saturated heterocycles. The van der Waals surface area contributed by atoms with Crippen molar-refractivity contribution in [2.24, 2.45) is 5.73 Å². The predicted octanol–water partition coefficient (Wildman–Crippen LogP) is 0.555. The highest BCUT2D eigenvalue weighted by Gasteiger charge is 2.23. The molecule has 2 N–H and O–H groups in total. The van der Waals surface area contributed by atoms with Crippen LogP contribution in [0.4, 0.5) is 0 Å². The van der Waals surface area contributed by atoms with E-state index in [0.29, 0.717) is 25.7 Å². The molecule has 0 aromatic carbocycles. The van der Waals surface area contributed by atoms with E-state index in [2.05, 4.69) is 15.3 Å². The maximum Gasteiger partial charge on any atom is 0.234 e. The second-order valence-corrected chi connectivity index (χ2v) is 5.52. The second-order valence-electron chi connectivity index (χ2n) is 4.48. The van der Waals surface area contributed by atoms with Gasteiger partial charge >= 0.3 is 0 Å². The van der Waals surface area contributed by atoms with Crippen LogP contribution in [-0.4, -0.2) is 46.2 Å². The van der Waals surface area contributed by atoms with Gasteiger partial charge in [0.2, 0.25) is 4.96 Å². The summed E-state index contributed by atoms with van der Waals surface area (Å²) in [6, 6.07) is 0. The molecule has 2 aromatic heterocycles. The molecule has 3 rings (SSSR count). The summed E-state index contributed by atoms with van der Waals surface area (Å²) in [4.78, 5) is 0.827. The summed E-state index contributed by atoms with van der Waals surface area (Å²) in [6.07, 6.45) is 1.97. The van der Waals surface area contributed by atoms with Crippen LogP contribution in [0.25, 0.3) is 4.96 Å². The molecule has 0 aliphatic carbocycles. The molecule has 0 amide bonds. The number of hydrogen-bond acceptors (Lipinski definition) is 7. The molecule has 1 fully saturated rings. The standard InChI is InChI=1S/C11H17N5O2S/c12-3-6-18-7-9-15-16-10(13-14-11(16)19-9)8-1-4-17-5-2-8/h8H,1-7,12H2. The van der Waals surface area contributed by atoms with Crippen molar-refractivity contribution in [3.8, 4) is 0 Å². The number of ether oxygens (including phenoxy) is 2. The molecule has 0 atom stereocenters. The zero-order valence-corrected chi connectivity index (χ0v) is 11.4. The molecule has 0 spiro atoms. The number of fused-ring (bicyclic) bond motifs is 1. The maximum atomic E-state index is 5.39. The number of aromatic nitrogens is 4. The molecule has 0 radical (unpaired) electrons. The van der Waals surface area contributed by atoms with Gasteiger partial charge in [-0.15, -0.1) is 10.2 Å². The van der Waals surface area contributed by atoms with Gasteiger partial charge < -0.3 is 15.2 Å². The van der Waals surface area contributed by atoms with Crippen LogP contribution < -0.4 is 5.73 Å².